The standard InChI is InChI=1S/C18H13F3N2O4/c1-25-14-4-2-3-10-9-13(16(22)24)17(26-15(10)14)23-11-5-7-12(8-6-11)27-18(19,20)21/h2-9H,1H3,(H2,22,24). The van der Waals surface area contributed by atoms with Crippen molar-refractivity contribution in [2.75, 3.05) is 7.11 Å². The summed E-state index contributed by atoms with van der Waals surface area (Å²) in [6.45, 7) is 0. The lowest BCUT2D eigenvalue weighted by molar-refractivity contribution is -0.274. The molecule has 0 bridgehead atoms. The van der Waals surface area contributed by atoms with Crippen molar-refractivity contribution in [3.63, 3.8) is 0 Å². The molecular weight excluding hydrogens is 365 g/mol. The Kier molecular flexibility index (Phi) is 4.76. The number of para-hydroxylation sites is 1. The molecule has 6 nitrogen and oxygen atoms in total. The Morgan fingerprint density at radius 2 is 1.85 bits per heavy atom. The number of nitrogens with two attached hydrogens (primary N) is 1. The van der Waals surface area contributed by atoms with Crippen molar-refractivity contribution >= 4 is 22.6 Å². The lowest BCUT2D eigenvalue weighted by atomic mass is 10.1. The van der Waals surface area contributed by atoms with Gasteiger partial charge in [0.15, 0.2) is 11.3 Å². The van der Waals surface area contributed by atoms with Gasteiger partial charge in [-0.05, 0) is 36.4 Å². The van der Waals surface area contributed by atoms with Gasteiger partial charge < -0.3 is 19.6 Å². The largest absolute Gasteiger partial charge is 0.573 e. The molecule has 0 spiro atoms. The summed E-state index contributed by atoms with van der Waals surface area (Å²) in [7, 11) is 1.46. The number of hydrogen-bond donors (Lipinski definition) is 1. The van der Waals surface area contributed by atoms with Crippen LogP contribution in [0.1, 0.15) is 10.4 Å². The highest BCUT2D eigenvalue weighted by atomic mass is 19.4. The van der Waals surface area contributed by atoms with Crippen LogP contribution < -0.4 is 20.8 Å². The van der Waals surface area contributed by atoms with Crippen LogP contribution in [0.4, 0.5) is 18.9 Å². The van der Waals surface area contributed by atoms with Gasteiger partial charge in [-0.2, -0.15) is 0 Å². The van der Waals surface area contributed by atoms with Crippen LogP contribution >= 0.6 is 0 Å². The van der Waals surface area contributed by atoms with Crippen LogP contribution in [0, 0.1) is 0 Å². The molecule has 1 heterocycles. The summed E-state index contributed by atoms with van der Waals surface area (Å²) in [5, 5.41) is 0.580. The van der Waals surface area contributed by atoms with Crippen LogP contribution in [0.25, 0.3) is 11.0 Å². The van der Waals surface area contributed by atoms with E-state index in [9.17, 15) is 18.0 Å². The van der Waals surface area contributed by atoms with E-state index in [1.807, 2.05) is 0 Å². The second-order valence-corrected chi connectivity index (χ2v) is 5.36. The minimum atomic E-state index is -4.79. The molecule has 27 heavy (non-hydrogen) atoms. The average molecular weight is 378 g/mol. The maximum atomic E-state index is 12.2. The van der Waals surface area contributed by atoms with Crippen LogP contribution in [-0.2, 0) is 0 Å². The molecule has 0 atom stereocenters. The molecule has 3 aromatic rings. The molecule has 0 saturated carbocycles. The Labute approximate surface area is 150 Å². The van der Waals surface area contributed by atoms with Gasteiger partial charge >= 0.3 is 6.36 Å². The fraction of sp³-hybridized carbons (Fsp3) is 0.111. The van der Waals surface area contributed by atoms with Crippen molar-refractivity contribution in [3.8, 4) is 11.5 Å². The Balaban J connectivity index is 2.11. The first-order valence-corrected chi connectivity index (χ1v) is 7.58. The molecule has 0 radical (unpaired) electrons. The summed E-state index contributed by atoms with van der Waals surface area (Å²) >= 11 is 0. The van der Waals surface area contributed by atoms with Crippen LogP contribution in [0.2, 0.25) is 0 Å². The summed E-state index contributed by atoms with van der Waals surface area (Å²) in [6, 6.07) is 11.4. The number of carbonyl (C=O) groups excluding carboxylic acids is 1. The average Bonchev–Trinajstić information content (AvgIpc) is 2.61. The highest BCUT2D eigenvalue weighted by Gasteiger charge is 2.30. The quantitative estimate of drug-likeness (QED) is 0.750. The normalized spacial score (nSPS) is 12.2. The van der Waals surface area contributed by atoms with Gasteiger partial charge in [0.1, 0.15) is 11.3 Å². The lowest BCUT2D eigenvalue weighted by Gasteiger charge is -2.08. The van der Waals surface area contributed by atoms with E-state index in [0.29, 0.717) is 16.7 Å². The van der Waals surface area contributed by atoms with Gasteiger partial charge in [-0.3, -0.25) is 4.79 Å². The molecule has 0 unspecified atom stereocenters. The van der Waals surface area contributed by atoms with Gasteiger partial charge in [-0.1, -0.05) is 12.1 Å². The Bertz CT molecular complexity index is 1060. The fourth-order valence-corrected chi connectivity index (χ4v) is 2.38. The summed E-state index contributed by atoms with van der Waals surface area (Å²) in [4.78, 5) is 15.9. The molecular formula is C18H13F3N2O4. The van der Waals surface area contributed by atoms with Crippen molar-refractivity contribution in [1.29, 1.82) is 0 Å². The first-order valence-electron chi connectivity index (χ1n) is 7.58. The van der Waals surface area contributed by atoms with Crippen molar-refractivity contribution in [2.24, 2.45) is 10.7 Å². The number of halogens is 3. The molecule has 0 fully saturated rings. The third-order valence-electron chi connectivity index (χ3n) is 3.52. The maximum Gasteiger partial charge on any atom is 0.573 e. The third-order valence-corrected chi connectivity index (χ3v) is 3.52. The number of ether oxygens (including phenoxy) is 2. The number of nitrogens with zero attached hydrogens (tertiary/aromatic N) is 1. The molecule has 1 amide bonds. The molecule has 140 valence electrons. The predicted octanol–water partition coefficient (Wildman–Crippen LogP) is 3.67. The molecule has 0 saturated heterocycles. The molecule has 1 aromatic heterocycles. The minimum Gasteiger partial charge on any atom is -0.493 e. The molecule has 2 N–H and O–H groups in total. The number of alkyl halides is 3. The number of hydrogen-bond acceptors (Lipinski definition) is 5. The SMILES string of the molecule is COc1cccc2cc(C(N)=O)c(=Nc3ccc(OC(F)(F)F)cc3)oc12. The zero-order valence-electron chi connectivity index (χ0n) is 13.9. The van der Waals surface area contributed by atoms with E-state index < -0.39 is 18.0 Å². The first-order chi connectivity index (χ1) is 12.8. The molecule has 3 rings (SSSR count). The number of carbonyl (C=O) groups is 1. The van der Waals surface area contributed by atoms with Crippen LogP contribution in [0.5, 0.6) is 11.5 Å². The lowest BCUT2D eigenvalue weighted by Crippen LogP contribution is -2.21. The van der Waals surface area contributed by atoms with Gasteiger partial charge in [0.2, 0.25) is 5.55 Å². The minimum absolute atomic E-state index is 0.0198. The van der Waals surface area contributed by atoms with Crippen LogP contribution in [0.15, 0.2) is 57.9 Å². The highest BCUT2D eigenvalue weighted by Crippen LogP contribution is 2.26. The van der Waals surface area contributed by atoms with Gasteiger partial charge in [0.05, 0.1) is 12.8 Å². The fourth-order valence-electron chi connectivity index (χ4n) is 2.38. The van der Waals surface area contributed by atoms with Gasteiger partial charge in [-0.15, -0.1) is 13.2 Å². The van der Waals surface area contributed by atoms with E-state index in [0.717, 1.165) is 12.1 Å². The summed E-state index contributed by atoms with van der Waals surface area (Å²) in [5.74, 6) is -0.734. The topological polar surface area (TPSA) is 87.1 Å². The molecule has 0 aliphatic rings. The van der Waals surface area contributed by atoms with Gasteiger partial charge in [-0.25, -0.2) is 4.99 Å². The van der Waals surface area contributed by atoms with E-state index in [1.165, 1.54) is 25.3 Å². The van der Waals surface area contributed by atoms with Crippen molar-refractivity contribution < 1.29 is 31.9 Å². The van der Waals surface area contributed by atoms with E-state index in [1.54, 1.807) is 18.2 Å². The number of primary amides is 1. The van der Waals surface area contributed by atoms with Crippen molar-refractivity contribution in [1.82, 2.24) is 0 Å². The van der Waals surface area contributed by atoms with E-state index >= 15 is 0 Å². The van der Waals surface area contributed by atoms with E-state index in [2.05, 4.69) is 9.73 Å². The van der Waals surface area contributed by atoms with Crippen LogP contribution in [0.3, 0.4) is 0 Å². The van der Waals surface area contributed by atoms with E-state index in [4.69, 9.17) is 14.9 Å². The Morgan fingerprint density at radius 3 is 2.44 bits per heavy atom. The third kappa shape index (κ3) is 4.20. The molecule has 0 aliphatic carbocycles. The number of amides is 1. The molecule has 0 aliphatic heterocycles. The Morgan fingerprint density at radius 1 is 1.15 bits per heavy atom. The molecule has 9 heteroatoms. The van der Waals surface area contributed by atoms with Gasteiger partial charge in [0.25, 0.3) is 5.91 Å². The number of rotatable bonds is 4. The number of fused-ring (bicyclic) bond motifs is 1. The van der Waals surface area contributed by atoms with Crippen molar-refractivity contribution in [2.45, 2.75) is 6.36 Å². The number of benzene rings is 2. The Hall–Kier alpha value is -3.49. The first kappa shape index (κ1) is 18.3. The smallest absolute Gasteiger partial charge is 0.493 e. The maximum absolute atomic E-state index is 12.2. The van der Waals surface area contributed by atoms with E-state index in [-0.39, 0.29) is 16.8 Å². The molecule has 2 aromatic carbocycles. The zero-order chi connectivity index (χ0) is 19.6. The second kappa shape index (κ2) is 7.02. The summed E-state index contributed by atoms with van der Waals surface area (Å²) in [5.41, 5.74) is 5.90. The zero-order valence-corrected chi connectivity index (χ0v) is 13.9. The second-order valence-electron chi connectivity index (χ2n) is 5.36. The number of methoxy groups -OCH3 is 1. The summed E-state index contributed by atoms with van der Waals surface area (Å²) < 4.78 is 51.4. The monoisotopic (exact) mass is 378 g/mol. The highest BCUT2D eigenvalue weighted by molar-refractivity contribution is 5.96. The van der Waals surface area contributed by atoms with Gasteiger partial charge in [0, 0.05) is 5.39 Å². The van der Waals surface area contributed by atoms with Crippen molar-refractivity contribution in [3.05, 3.63) is 59.6 Å². The summed E-state index contributed by atoms with van der Waals surface area (Å²) in [6.07, 6.45) is -4.79. The van der Waals surface area contributed by atoms with Crippen LogP contribution in [-0.4, -0.2) is 19.4 Å². The predicted molar refractivity (Wildman–Crippen MR) is 89.6 cm³/mol.